The largest absolute Gasteiger partial charge is 0.444 e. The lowest BCUT2D eigenvalue weighted by Crippen LogP contribution is -2.52. The van der Waals surface area contributed by atoms with E-state index in [4.69, 9.17) is 4.74 Å². The van der Waals surface area contributed by atoms with E-state index in [0.717, 1.165) is 12.3 Å². The van der Waals surface area contributed by atoms with Gasteiger partial charge in [-0.1, -0.05) is 12.8 Å². The van der Waals surface area contributed by atoms with Crippen LogP contribution in [0.25, 0.3) is 0 Å². The zero-order valence-corrected chi connectivity index (χ0v) is 22.5. The van der Waals surface area contributed by atoms with Crippen LogP contribution in [-0.2, 0) is 16.0 Å². The van der Waals surface area contributed by atoms with Gasteiger partial charge in [0, 0.05) is 55.8 Å². The van der Waals surface area contributed by atoms with Gasteiger partial charge in [0.15, 0.2) is 0 Å². The number of Topliss-reactive ketones (excluding diaryl/α,β-unsaturated/α-hetero) is 1. The fourth-order valence-corrected chi connectivity index (χ4v) is 5.03. The van der Waals surface area contributed by atoms with Crippen LogP contribution in [-0.4, -0.2) is 66.0 Å². The summed E-state index contributed by atoms with van der Waals surface area (Å²) >= 11 is 0. The number of hydrogen-bond acceptors (Lipinski definition) is 5. The molecule has 4 amide bonds. The fraction of sp³-hybridized carbons (Fsp3) is 0.643. The molecule has 9 nitrogen and oxygen atoms in total. The molecule has 9 heteroatoms. The van der Waals surface area contributed by atoms with Crippen molar-refractivity contribution in [1.29, 1.82) is 0 Å². The van der Waals surface area contributed by atoms with Gasteiger partial charge >= 0.3 is 12.1 Å². The predicted molar refractivity (Wildman–Crippen MR) is 141 cm³/mol. The van der Waals surface area contributed by atoms with Gasteiger partial charge in [0.25, 0.3) is 5.91 Å². The molecule has 3 aliphatic rings. The lowest BCUT2D eigenvalue weighted by atomic mass is 10.0. The van der Waals surface area contributed by atoms with Gasteiger partial charge in [-0.2, -0.15) is 0 Å². The monoisotopic (exact) mass is 512 g/mol. The molecule has 2 N–H and O–H groups in total. The normalized spacial score (nSPS) is 20.6. The number of carbonyl (C=O) groups excluding carboxylic acids is 4. The van der Waals surface area contributed by atoms with Crippen molar-refractivity contribution in [2.24, 2.45) is 5.92 Å². The Kier molecular flexibility index (Phi) is 8.09. The summed E-state index contributed by atoms with van der Waals surface area (Å²) in [5.41, 5.74) is 1.31. The minimum Gasteiger partial charge on any atom is -0.444 e. The van der Waals surface area contributed by atoms with Crippen molar-refractivity contribution < 1.29 is 23.9 Å². The Bertz CT molecular complexity index is 1040. The number of hydrogen-bond donors (Lipinski definition) is 2. The highest BCUT2D eigenvalue weighted by atomic mass is 16.6. The van der Waals surface area contributed by atoms with Gasteiger partial charge in [0.05, 0.1) is 0 Å². The fourth-order valence-electron chi connectivity index (χ4n) is 5.03. The predicted octanol–water partition coefficient (Wildman–Crippen LogP) is 4.04. The number of nitrogens with one attached hydrogen (secondary N) is 2. The van der Waals surface area contributed by atoms with Crippen LogP contribution < -0.4 is 15.5 Å². The van der Waals surface area contributed by atoms with Crippen LogP contribution in [0.1, 0.15) is 82.1 Å². The maximum Gasteiger partial charge on any atom is 0.410 e. The SMILES string of the molecule is C[C@H]1CC(=O)Cc2cc(C(=O)NCCC3CC3)ccc2N1C(=O)NC1CCN(C(=O)OC(C)(C)C)CC1. The van der Waals surface area contributed by atoms with Crippen molar-refractivity contribution in [3.8, 4) is 0 Å². The number of piperidine rings is 1. The zero-order valence-electron chi connectivity index (χ0n) is 22.5. The molecule has 2 heterocycles. The molecule has 0 unspecified atom stereocenters. The summed E-state index contributed by atoms with van der Waals surface area (Å²) in [5, 5.41) is 6.08. The van der Waals surface area contributed by atoms with Crippen molar-refractivity contribution in [3.63, 3.8) is 0 Å². The lowest BCUT2D eigenvalue weighted by molar-refractivity contribution is -0.118. The number of ketones is 1. The first-order valence-corrected chi connectivity index (χ1v) is 13.5. The standard InChI is InChI=1S/C28H40N4O5/c1-18-15-23(33)17-21-16-20(25(34)29-12-9-19-5-6-19)7-8-24(21)32(18)26(35)30-22-10-13-31(14-11-22)27(36)37-28(2,3)4/h7-8,16,18-19,22H,5-6,9-15,17H2,1-4H3,(H,29,34)(H,30,35)/t18-/m0/s1. The summed E-state index contributed by atoms with van der Waals surface area (Å²) in [6.07, 6.45) is 4.85. The molecule has 1 aliphatic carbocycles. The van der Waals surface area contributed by atoms with Gasteiger partial charge in [-0.05, 0) is 76.6 Å². The number of nitrogens with zero attached hydrogens (tertiary/aromatic N) is 2. The van der Waals surface area contributed by atoms with Gasteiger partial charge in [0.2, 0.25) is 0 Å². The Hall–Kier alpha value is -3.10. The summed E-state index contributed by atoms with van der Waals surface area (Å²) in [5.74, 6) is 0.630. The van der Waals surface area contributed by atoms with Crippen LogP contribution in [0.5, 0.6) is 0 Å². The molecule has 0 bridgehead atoms. The third-order valence-electron chi connectivity index (χ3n) is 7.18. The van der Waals surface area contributed by atoms with Crippen LogP contribution in [0.4, 0.5) is 15.3 Å². The Balaban J connectivity index is 1.40. The van der Waals surface area contributed by atoms with Gasteiger partial charge in [-0.3, -0.25) is 14.5 Å². The summed E-state index contributed by atoms with van der Waals surface area (Å²) in [4.78, 5) is 54.4. The molecule has 0 radical (unpaired) electrons. The number of carbonyl (C=O) groups is 4. The number of anilines is 1. The zero-order chi connectivity index (χ0) is 26.7. The van der Waals surface area contributed by atoms with Crippen molar-refractivity contribution in [2.75, 3.05) is 24.5 Å². The molecule has 1 saturated heterocycles. The summed E-state index contributed by atoms with van der Waals surface area (Å²) in [6.45, 7) is 9.05. The molecular weight excluding hydrogens is 472 g/mol. The number of urea groups is 1. The van der Waals surface area contributed by atoms with E-state index in [1.807, 2.05) is 27.7 Å². The smallest absolute Gasteiger partial charge is 0.410 e. The van der Waals surface area contributed by atoms with E-state index < -0.39 is 5.60 Å². The highest BCUT2D eigenvalue weighted by Gasteiger charge is 2.33. The average molecular weight is 513 g/mol. The molecule has 0 spiro atoms. The topological polar surface area (TPSA) is 108 Å². The van der Waals surface area contributed by atoms with E-state index in [9.17, 15) is 19.2 Å². The maximum atomic E-state index is 13.5. The van der Waals surface area contributed by atoms with Gasteiger partial charge < -0.3 is 20.3 Å². The second kappa shape index (κ2) is 11.1. The minimum atomic E-state index is -0.549. The Morgan fingerprint density at radius 3 is 2.43 bits per heavy atom. The number of amides is 4. The lowest BCUT2D eigenvalue weighted by Gasteiger charge is -2.35. The van der Waals surface area contributed by atoms with Crippen molar-refractivity contribution in [3.05, 3.63) is 29.3 Å². The van der Waals surface area contributed by atoms with Crippen LogP contribution in [0.15, 0.2) is 18.2 Å². The molecule has 37 heavy (non-hydrogen) atoms. The molecule has 202 valence electrons. The molecule has 1 saturated carbocycles. The van der Waals surface area contributed by atoms with Gasteiger partial charge in [-0.15, -0.1) is 0 Å². The molecule has 4 rings (SSSR count). The maximum absolute atomic E-state index is 13.5. The first-order chi connectivity index (χ1) is 17.5. The molecule has 2 fully saturated rings. The van der Waals surface area contributed by atoms with Gasteiger partial charge in [0.1, 0.15) is 11.4 Å². The molecule has 1 atom stereocenters. The summed E-state index contributed by atoms with van der Waals surface area (Å²) in [6, 6.07) is 4.60. The van der Waals surface area contributed by atoms with Crippen molar-refractivity contribution >= 4 is 29.5 Å². The highest BCUT2D eigenvalue weighted by Crippen LogP contribution is 2.32. The minimum absolute atomic E-state index is 0.0426. The van der Waals surface area contributed by atoms with Crippen molar-refractivity contribution in [2.45, 2.75) is 90.3 Å². The third-order valence-corrected chi connectivity index (χ3v) is 7.18. The van der Waals surface area contributed by atoms with E-state index in [0.29, 0.717) is 49.3 Å². The van der Waals surface area contributed by atoms with Crippen LogP contribution in [0.2, 0.25) is 0 Å². The number of rotatable bonds is 5. The summed E-state index contributed by atoms with van der Waals surface area (Å²) in [7, 11) is 0. The Morgan fingerprint density at radius 1 is 1.08 bits per heavy atom. The quantitative estimate of drug-likeness (QED) is 0.619. The van der Waals surface area contributed by atoms with Crippen LogP contribution >= 0.6 is 0 Å². The Morgan fingerprint density at radius 2 is 1.78 bits per heavy atom. The average Bonchev–Trinajstić information content (AvgIpc) is 3.64. The third kappa shape index (κ3) is 7.23. The second-order valence-electron chi connectivity index (χ2n) is 11.7. The molecule has 2 aliphatic heterocycles. The van der Waals surface area contributed by atoms with Crippen molar-refractivity contribution in [1.82, 2.24) is 15.5 Å². The molecule has 0 aromatic heterocycles. The highest BCUT2D eigenvalue weighted by molar-refractivity contribution is 6.00. The van der Waals surface area contributed by atoms with E-state index >= 15 is 0 Å². The van der Waals surface area contributed by atoms with E-state index in [-0.39, 0.29) is 48.7 Å². The first kappa shape index (κ1) is 26.9. The second-order valence-corrected chi connectivity index (χ2v) is 11.7. The van der Waals surface area contributed by atoms with Crippen LogP contribution in [0.3, 0.4) is 0 Å². The number of fused-ring (bicyclic) bond motifs is 1. The molecule has 1 aromatic carbocycles. The molecular formula is C28H40N4O5. The first-order valence-electron chi connectivity index (χ1n) is 13.5. The number of ether oxygens (including phenoxy) is 1. The number of likely N-dealkylation sites (tertiary alicyclic amines) is 1. The Labute approximate surface area is 219 Å². The molecule has 1 aromatic rings. The van der Waals surface area contributed by atoms with E-state index in [1.165, 1.54) is 12.8 Å². The van der Waals surface area contributed by atoms with E-state index in [1.54, 1.807) is 28.0 Å². The number of benzene rings is 1. The van der Waals surface area contributed by atoms with E-state index in [2.05, 4.69) is 10.6 Å². The summed E-state index contributed by atoms with van der Waals surface area (Å²) < 4.78 is 5.46. The van der Waals surface area contributed by atoms with Crippen LogP contribution in [0, 0.1) is 5.92 Å². The van der Waals surface area contributed by atoms with Gasteiger partial charge in [-0.25, -0.2) is 9.59 Å².